The molecule has 0 saturated carbocycles. The van der Waals surface area contributed by atoms with Crippen LogP contribution in [0.15, 0.2) is 243 Å². The molecule has 1 atom stereocenters. The highest BCUT2D eigenvalue weighted by atomic mass is 14.7. The lowest BCUT2D eigenvalue weighted by atomic mass is 9.87. The lowest BCUT2D eigenvalue weighted by Gasteiger charge is -2.18. The number of hydrogen-bond donors (Lipinski definition) is 0. The van der Waals surface area contributed by atoms with Crippen LogP contribution >= 0.6 is 0 Å². The Morgan fingerprint density at radius 2 is 0.487 bits per heavy atom. The topological polar surface area (TPSA) is 64.5 Å². The Morgan fingerprint density at radius 1 is 0.252 bits per heavy atom. The van der Waals surface area contributed by atoms with Crippen molar-refractivity contribution in [3.63, 3.8) is 0 Å². The Balaban J connectivity index is 0.000000155. The second-order valence-corrected chi connectivity index (χ2v) is 36.7. The van der Waals surface area contributed by atoms with Crippen LogP contribution < -0.4 is 0 Å². The molecule has 0 spiro atoms. The summed E-state index contributed by atoms with van der Waals surface area (Å²) in [6.45, 7) is 37.5. The number of aryl methyl sites for hydroxylation is 8. The van der Waals surface area contributed by atoms with E-state index in [0.29, 0.717) is 52.6 Å². The average molecular weight is 1580 g/mol. The number of nitrogens with zero attached hydrogens (tertiary/aromatic N) is 5. The molecule has 0 amide bonds. The van der Waals surface area contributed by atoms with Crippen molar-refractivity contribution in [2.75, 3.05) is 0 Å². The fourth-order valence-corrected chi connectivity index (χ4v) is 16.6. The van der Waals surface area contributed by atoms with E-state index in [4.69, 9.17) is 22.3 Å². The molecular weight excluding hydrogens is 1440 g/mol. The van der Waals surface area contributed by atoms with Gasteiger partial charge in [0.15, 0.2) is 0 Å². The Bertz CT molecular complexity index is 6270. The van der Waals surface area contributed by atoms with Crippen LogP contribution in [-0.2, 0) is 57.8 Å². The van der Waals surface area contributed by atoms with Crippen LogP contribution in [0.4, 0.5) is 0 Å². The maximum Gasteiger partial charge on any atom is 0.0780 e. The molecule has 0 aliphatic carbocycles. The van der Waals surface area contributed by atoms with Gasteiger partial charge in [0.05, 0.1) is 28.5 Å². The van der Waals surface area contributed by atoms with E-state index in [0.717, 1.165) is 129 Å². The maximum absolute atomic E-state index is 7.70. The molecule has 5 heterocycles. The molecule has 0 aliphatic heterocycles. The largest absolute Gasteiger partial charge is 0.256 e. The van der Waals surface area contributed by atoms with Gasteiger partial charge in [0, 0.05) is 98.1 Å². The second-order valence-electron chi connectivity index (χ2n) is 36.7. The molecule has 0 fully saturated rings. The van der Waals surface area contributed by atoms with Crippen LogP contribution in [0.1, 0.15) is 213 Å². The van der Waals surface area contributed by atoms with Crippen molar-refractivity contribution < 1.29 is 12.3 Å². The summed E-state index contributed by atoms with van der Waals surface area (Å²) >= 11 is 0. The van der Waals surface area contributed by atoms with Crippen molar-refractivity contribution in [1.29, 1.82) is 0 Å². The van der Waals surface area contributed by atoms with Gasteiger partial charge in [-0.3, -0.25) is 24.9 Å². The monoisotopic (exact) mass is 1580 g/mol. The van der Waals surface area contributed by atoms with Gasteiger partial charge in [0.1, 0.15) is 0 Å². The summed E-state index contributed by atoms with van der Waals surface area (Å²) in [5, 5.41) is 11.7. The van der Waals surface area contributed by atoms with E-state index in [1.54, 1.807) is 43.6 Å². The third-order valence-electron chi connectivity index (χ3n) is 21.3. The second kappa shape index (κ2) is 40.8. The Morgan fingerprint density at radius 3 is 0.756 bits per heavy atom. The van der Waals surface area contributed by atoms with Gasteiger partial charge in [-0.25, -0.2) is 0 Å². The average Bonchev–Trinajstić information content (AvgIpc) is 0.802. The number of aromatic nitrogens is 5. The minimum absolute atomic E-state index is 0.296. The van der Waals surface area contributed by atoms with E-state index >= 15 is 0 Å². The fraction of sp³-hybridized carbons (Fsp3) is 0.342. The number of rotatable bonds is 20. The molecule has 119 heavy (non-hydrogen) atoms. The highest BCUT2D eigenvalue weighted by molar-refractivity contribution is 5.99. The molecule has 0 N–H and O–H groups in total. The van der Waals surface area contributed by atoms with Crippen LogP contribution in [0, 0.1) is 82.3 Å². The highest BCUT2D eigenvalue weighted by Crippen LogP contribution is 2.37. The van der Waals surface area contributed by atoms with Gasteiger partial charge in [-0.2, -0.15) is 0 Å². The minimum Gasteiger partial charge on any atom is -0.256 e. The summed E-state index contributed by atoms with van der Waals surface area (Å²) in [7, 11) is 0. The number of fused-ring (bicyclic) bond motifs is 5. The van der Waals surface area contributed by atoms with Crippen molar-refractivity contribution in [2.45, 2.75) is 217 Å². The van der Waals surface area contributed by atoms with Gasteiger partial charge in [0.2, 0.25) is 0 Å². The van der Waals surface area contributed by atoms with E-state index in [-0.39, 0.29) is 0 Å². The van der Waals surface area contributed by atoms with Gasteiger partial charge in [0.25, 0.3) is 0 Å². The van der Waals surface area contributed by atoms with Crippen molar-refractivity contribution in [3.05, 3.63) is 327 Å². The standard InChI is InChI=1S/C27H35N.C23H27N.C22H25N.2C21H23N/c1-18(2)11-21-7-8-26-24(15-21)9-10-28-27(26)25-16-22(12-19(3)4)14-23(17-25)13-20(5)6;1-5-17-12-18(6-2)14-21(13-17)23-22-8-7-19(11-16(3)4)15-20(22)9-10-24-23;1-15-10-16(2)12-19(11-15)21-20-7-6-17(14-22(3,4)5)13-18(20)8-9-23-21;2*1-14(2)9-17-5-6-20-18(13-17)7-8-22-21(20)19-11-15(3)10-16(4)12-19/h7-10,14-20H,11-13H2,1-6H3;7-10,12-16H,5-6,11H2,1-4H3;6-13H,14H2,1-5H3;2*5-8,10-14H,9H2,1-4H3/i;;;1D3,3D3;3D3. The fourth-order valence-electron chi connectivity index (χ4n) is 16.6. The number of hydrogen-bond acceptors (Lipinski definition) is 5. The third-order valence-corrected chi connectivity index (χ3v) is 21.3. The summed E-state index contributed by atoms with van der Waals surface area (Å²) in [6, 6.07) is 74.5. The zero-order valence-electron chi connectivity index (χ0n) is 83.7. The normalized spacial score (nSPS) is 13.2. The lowest BCUT2D eigenvalue weighted by Crippen LogP contribution is -2.08. The first kappa shape index (κ1) is 76.9. The van der Waals surface area contributed by atoms with E-state index in [1.807, 2.05) is 74.9 Å². The summed E-state index contributed by atoms with van der Waals surface area (Å²) in [4.78, 5) is 23.2. The smallest absolute Gasteiger partial charge is 0.0780 e. The predicted octanol–water partition coefficient (Wildman–Crippen LogP) is 31.3. The van der Waals surface area contributed by atoms with Gasteiger partial charge in [-0.15, -0.1) is 0 Å². The van der Waals surface area contributed by atoms with Gasteiger partial charge in [-0.1, -0.05) is 272 Å². The minimum atomic E-state index is -2.18. The molecule has 15 aromatic rings. The molecule has 0 bridgehead atoms. The molecule has 0 saturated heterocycles. The van der Waals surface area contributed by atoms with Crippen molar-refractivity contribution >= 4 is 53.9 Å². The lowest BCUT2D eigenvalue weighted by molar-refractivity contribution is 0.411. The molecular formula is C114H133N5. The number of pyridine rings is 5. The van der Waals surface area contributed by atoms with Crippen molar-refractivity contribution in [3.8, 4) is 56.3 Å². The first-order valence-corrected chi connectivity index (χ1v) is 43.4. The quantitative estimate of drug-likeness (QED) is 0.0761. The Kier molecular flexibility index (Phi) is 26.4. The van der Waals surface area contributed by atoms with Crippen molar-refractivity contribution in [1.82, 2.24) is 24.9 Å². The van der Waals surface area contributed by atoms with Crippen molar-refractivity contribution in [2.24, 2.45) is 40.9 Å². The summed E-state index contributed by atoms with van der Waals surface area (Å²) in [5.74, 6) is 2.84. The Hall–Kier alpha value is -10.8. The molecule has 15 rings (SSSR count). The van der Waals surface area contributed by atoms with Gasteiger partial charge in [-0.05, 0) is 308 Å². The first-order valence-electron chi connectivity index (χ1n) is 47.9. The van der Waals surface area contributed by atoms with E-state index in [1.165, 1.54) is 105 Å². The van der Waals surface area contributed by atoms with Crippen LogP contribution in [0.2, 0.25) is 0 Å². The molecule has 0 aliphatic rings. The SMILES string of the molecule is CC(C)Cc1cc(CC(C)C)cc(-c2nccc3cc(CC(C)C)ccc23)c1.CCc1cc(CC)cc(-c2nccc3cc(CC(C)C)ccc23)c1.Cc1cc(C)cc(-c2nccc3cc(CC(C)(C)C)ccc23)c1.[2H]C([2H])([2H])c1cc(C)cc(-c2nccc3cc(CC(C)C([2H])([2H])[2H])ccc23)c1.[2H]C([2H])([2H])c1cc(C)cc(-c2nccc3cc(CC(C)C)ccc23)c1. The van der Waals surface area contributed by atoms with E-state index in [9.17, 15) is 0 Å². The predicted molar refractivity (Wildman–Crippen MR) is 517 cm³/mol. The van der Waals surface area contributed by atoms with Gasteiger partial charge < -0.3 is 0 Å². The zero-order chi connectivity index (χ0) is 92.9. The summed E-state index contributed by atoms with van der Waals surface area (Å²) in [5.41, 5.74) is 27.6. The van der Waals surface area contributed by atoms with Crippen LogP contribution in [0.3, 0.4) is 0 Å². The maximum atomic E-state index is 7.70. The van der Waals surface area contributed by atoms with E-state index < -0.39 is 26.5 Å². The van der Waals surface area contributed by atoms with Crippen LogP contribution in [0.25, 0.3) is 110 Å². The van der Waals surface area contributed by atoms with E-state index in [2.05, 4.69) is 278 Å². The molecule has 614 valence electrons. The van der Waals surface area contributed by atoms with Crippen LogP contribution in [0.5, 0.6) is 0 Å². The summed E-state index contributed by atoms with van der Waals surface area (Å²) in [6.07, 6.45) is 18.5. The van der Waals surface area contributed by atoms with Gasteiger partial charge >= 0.3 is 0 Å². The zero-order valence-corrected chi connectivity index (χ0v) is 74.7. The number of benzene rings is 10. The molecule has 0 radical (unpaired) electrons. The molecule has 1 unspecified atom stereocenters. The summed E-state index contributed by atoms with van der Waals surface area (Å²) < 4.78 is 68.9. The third kappa shape index (κ3) is 25.2. The Labute approximate surface area is 727 Å². The first-order chi connectivity index (χ1) is 60.4. The molecule has 5 nitrogen and oxygen atoms in total. The molecule has 5 heteroatoms. The van der Waals surface area contributed by atoms with Crippen LogP contribution in [-0.4, -0.2) is 24.9 Å². The highest BCUT2D eigenvalue weighted by Gasteiger charge is 2.18. The molecule has 10 aromatic carbocycles. The molecule has 5 aromatic heterocycles.